The first-order valence-corrected chi connectivity index (χ1v) is 5.56. The normalized spacial score (nSPS) is 11.5. The second kappa shape index (κ2) is 5.45. The van der Waals surface area contributed by atoms with Crippen LogP contribution in [0, 0.1) is 6.92 Å². The lowest BCUT2D eigenvalue weighted by atomic mass is 10.3. The van der Waals surface area contributed by atoms with E-state index >= 15 is 0 Å². The number of hydrogen-bond donors (Lipinski definition) is 2. The van der Waals surface area contributed by atoms with Crippen LogP contribution in [-0.2, 0) is 0 Å². The third kappa shape index (κ3) is 3.20. The average molecular weight is 242 g/mol. The number of carbonyl (C=O) groups is 1. The van der Waals surface area contributed by atoms with Crippen molar-refractivity contribution in [2.45, 2.75) is 13.3 Å². The van der Waals surface area contributed by atoms with Gasteiger partial charge in [0.25, 0.3) is 5.91 Å². The van der Waals surface area contributed by atoms with Crippen molar-refractivity contribution < 1.29 is 10.0 Å². The highest BCUT2D eigenvalue weighted by Crippen LogP contribution is 2.09. The molecule has 6 nitrogen and oxygen atoms in total. The molecule has 0 spiro atoms. The highest BCUT2D eigenvalue weighted by atomic mass is 32.1. The van der Waals surface area contributed by atoms with Gasteiger partial charge in [-0.1, -0.05) is 5.16 Å². The Morgan fingerprint density at radius 1 is 1.75 bits per heavy atom. The minimum atomic E-state index is -0.157. The maximum absolute atomic E-state index is 11.8. The molecule has 0 aromatic carbocycles. The topological polar surface area (TPSA) is 91.8 Å². The van der Waals surface area contributed by atoms with Crippen molar-refractivity contribution in [1.29, 1.82) is 0 Å². The minimum Gasteiger partial charge on any atom is -0.409 e. The van der Waals surface area contributed by atoms with Crippen molar-refractivity contribution in [2.75, 3.05) is 13.6 Å². The van der Waals surface area contributed by atoms with Gasteiger partial charge >= 0.3 is 0 Å². The molecule has 0 aliphatic rings. The minimum absolute atomic E-state index is 0.106. The summed E-state index contributed by atoms with van der Waals surface area (Å²) in [6.45, 7) is 2.24. The zero-order valence-corrected chi connectivity index (χ0v) is 9.99. The Morgan fingerprint density at radius 3 is 2.94 bits per heavy atom. The van der Waals surface area contributed by atoms with Crippen molar-refractivity contribution in [1.82, 2.24) is 9.88 Å². The maximum Gasteiger partial charge on any atom is 0.273 e. The van der Waals surface area contributed by atoms with Gasteiger partial charge in [0, 0.05) is 25.4 Å². The number of nitrogens with two attached hydrogens (primary N) is 1. The molecule has 3 N–H and O–H groups in total. The molecule has 1 aromatic rings. The number of amidine groups is 1. The molecule has 0 bridgehead atoms. The number of rotatable bonds is 4. The number of aryl methyl sites for hydroxylation is 1. The first-order valence-electron chi connectivity index (χ1n) is 4.68. The van der Waals surface area contributed by atoms with Gasteiger partial charge in [-0.05, 0) is 6.92 Å². The van der Waals surface area contributed by atoms with Gasteiger partial charge in [-0.15, -0.1) is 11.3 Å². The Balaban J connectivity index is 2.54. The molecule has 0 aliphatic heterocycles. The highest BCUT2D eigenvalue weighted by molar-refractivity contribution is 7.09. The van der Waals surface area contributed by atoms with Gasteiger partial charge in [-0.25, -0.2) is 4.98 Å². The van der Waals surface area contributed by atoms with E-state index < -0.39 is 0 Å². The Labute approximate surface area is 97.4 Å². The van der Waals surface area contributed by atoms with Crippen LogP contribution in [0.2, 0.25) is 0 Å². The molecule has 1 rings (SSSR count). The number of thiazole rings is 1. The van der Waals surface area contributed by atoms with Gasteiger partial charge in [-0.2, -0.15) is 0 Å². The highest BCUT2D eigenvalue weighted by Gasteiger charge is 2.14. The summed E-state index contributed by atoms with van der Waals surface area (Å²) in [5.74, 6) is -0.0517. The van der Waals surface area contributed by atoms with Crippen LogP contribution in [0.1, 0.15) is 21.9 Å². The molecule has 88 valence electrons. The van der Waals surface area contributed by atoms with Gasteiger partial charge in [0.05, 0.1) is 5.01 Å². The third-order valence-corrected chi connectivity index (χ3v) is 2.79. The summed E-state index contributed by atoms with van der Waals surface area (Å²) in [5.41, 5.74) is 5.75. The van der Waals surface area contributed by atoms with E-state index in [1.165, 1.54) is 16.2 Å². The largest absolute Gasteiger partial charge is 0.409 e. The fraction of sp³-hybridized carbons (Fsp3) is 0.444. The molecular formula is C9H14N4O2S. The van der Waals surface area contributed by atoms with Crippen molar-refractivity contribution in [3.05, 3.63) is 16.1 Å². The van der Waals surface area contributed by atoms with Gasteiger partial charge in [0.15, 0.2) is 0 Å². The molecular weight excluding hydrogens is 228 g/mol. The summed E-state index contributed by atoms with van der Waals surface area (Å²) in [6, 6.07) is 0. The van der Waals surface area contributed by atoms with Crippen molar-refractivity contribution in [3.63, 3.8) is 0 Å². The zero-order valence-electron chi connectivity index (χ0n) is 9.17. The van der Waals surface area contributed by atoms with Crippen LogP contribution in [0.5, 0.6) is 0 Å². The first-order chi connectivity index (χ1) is 7.54. The monoisotopic (exact) mass is 242 g/mol. The smallest absolute Gasteiger partial charge is 0.273 e. The lowest BCUT2D eigenvalue weighted by Crippen LogP contribution is -2.30. The summed E-state index contributed by atoms with van der Waals surface area (Å²) in [5, 5.41) is 13.8. The predicted molar refractivity (Wildman–Crippen MR) is 61.8 cm³/mol. The molecule has 0 saturated heterocycles. The van der Waals surface area contributed by atoms with Gasteiger partial charge in [-0.3, -0.25) is 4.79 Å². The molecule has 0 aliphatic carbocycles. The predicted octanol–water partition coefficient (Wildman–Crippen LogP) is 0.660. The average Bonchev–Trinajstić information content (AvgIpc) is 2.71. The van der Waals surface area contributed by atoms with E-state index in [0.717, 1.165) is 5.01 Å². The molecule has 1 amide bonds. The quantitative estimate of drug-likeness (QED) is 0.351. The van der Waals surface area contributed by atoms with Crippen LogP contribution in [0.3, 0.4) is 0 Å². The summed E-state index contributed by atoms with van der Waals surface area (Å²) >= 11 is 1.43. The van der Waals surface area contributed by atoms with Gasteiger partial charge in [0.2, 0.25) is 0 Å². The molecule has 0 atom stereocenters. The molecule has 16 heavy (non-hydrogen) atoms. The molecule has 0 saturated carbocycles. The zero-order chi connectivity index (χ0) is 12.1. The van der Waals surface area contributed by atoms with Crippen molar-refractivity contribution >= 4 is 23.1 Å². The van der Waals surface area contributed by atoms with Crippen LogP contribution in [0.25, 0.3) is 0 Å². The number of carbonyl (C=O) groups excluding carboxylic acids is 1. The summed E-state index contributed by atoms with van der Waals surface area (Å²) in [4.78, 5) is 17.4. The number of oxime groups is 1. The molecule has 0 radical (unpaired) electrons. The lowest BCUT2D eigenvalue weighted by Gasteiger charge is -2.14. The SMILES string of the molecule is Cc1nc(C(=O)N(C)CCC(N)=NO)cs1. The van der Waals surface area contributed by atoms with E-state index in [2.05, 4.69) is 10.1 Å². The number of amides is 1. The summed E-state index contributed by atoms with van der Waals surface area (Å²) in [7, 11) is 1.65. The fourth-order valence-electron chi connectivity index (χ4n) is 1.09. The molecule has 0 unspecified atom stereocenters. The van der Waals surface area contributed by atoms with E-state index in [1.54, 1.807) is 12.4 Å². The maximum atomic E-state index is 11.8. The molecule has 1 heterocycles. The van der Waals surface area contributed by atoms with Gasteiger partial charge < -0.3 is 15.8 Å². The molecule has 0 fully saturated rings. The first kappa shape index (κ1) is 12.4. The fourth-order valence-corrected chi connectivity index (χ4v) is 1.68. The van der Waals surface area contributed by atoms with Crippen LogP contribution < -0.4 is 5.73 Å². The van der Waals surface area contributed by atoms with Crippen molar-refractivity contribution in [3.8, 4) is 0 Å². The number of nitrogens with zero attached hydrogens (tertiary/aromatic N) is 3. The van der Waals surface area contributed by atoms with Crippen LogP contribution in [0.15, 0.2) is 10.5 Å². The van der Waals surface area contributed by atoms with Crippen LogP contribution in [0.4, 0.5) is 0 Å². The second-order valence-electron chi connectivity index (χ2n) is 3.32. The number of hydrogen-bond acceptors (Lipinski definition) is 5. The lowest BCUT2D eigenvalue weighted by molar-refractivity contribution is 0.0793. The second-order valence-corrected chi connectivity index (χ2v) is 4.38. The van der Waals surface area contributed by atoms with E-state index in [9.17, 15) is 4.79 Å². The van der Waals surface area contributed by atoms with E-state index in [0.29, 0.717) is 18.7 Å². The molecule has 1 aromatic heterocycles. The van der Waals surface area contributed by atoms with Gasteiger partial charge in [0.1, 0.15) is 11.5 Å². The Kier molecular flexibility index (Phi) is 4.24. The summed E-state index contributed by atoms with van der Waals surface area (Å²) < 4.78 is 0. The third-order valence-electron chi connectivity index (χ3n) is 2.02. The number of aromatic nitrogens is 1. The Bertz CT molecular complexity index is 402. The van der Waals surface area contributed by atoms with E-state index in [1.807, 2.05) is 6.92 Å². The van der Waals surface area contributed by atoms with E-state index in [-0.39, 0.29) is 11.7 Å². The van der Waals surface area contributed by atoms with E-state index in [4.69, 9.17) is 10.9 Å². The van der Waals surface area contributed by atoms with Crippen molar-refractivity contribution in [2.24, 2.45) is 10.9 Å². The Morgan fingerprint density at radius 2 is 2.44 bits per heavy atom. The van der Waals surface area contributed by atoms with Crippen LogP contribution >= 0.6 is 11.3 Å². The Hall–Kier alpha value is -1.63. The van der Waals surface area contributed by atoms with Crippen LogP contribution in [-0.4, -0.2) is 40.4 Å². The summed E-state index contributed by atoms with van der Waals surface area (Å²) in [6.07, 6.45) is 0.335. The molecule has 7 heteroatoms. The standard InChI is InChI=1S/C9H14N4O2S/c1-6-11-7(5-16-6)9(14)13(2)4-3-8(10)12-15/h5,15H,3-4H2,1-2H3,(H2,10,12).